The van der Waals surface area contributed by atoms with E-state index in [4.69, 9.17) is 11.6 Å². The van der Waals surface area contributed by atoms with Crippen LogP contribution in [0.25, 0.3) is 0 Å². The molecule has 0 bridgehead atoms. The van der Waals surface area contributed by atoms with Crippen molar-refractivity contribution in [2.45, 2.75) is 52.6 Å². The second-order valence-electron chi connectivity index (χ2n) is 7.20. The number of piperidine rings is 1. The van der Waals surface area contributed by atoms with Crippen LogP contribution in [0.4, 0.5) is 5.69 Å². The Labute approximate surface area is 160 Å². The number of rotatable bonds is 5. The fourth-order valence-corrected chi connectivity index (χ4v) is 3.71. The van der Waals surface area contributed by atoms with Crippen molar-refractivity contribution >= 4 is 23.2 Å². The van der Waals surface area contributed by atoms with E-state index in [0.717, 1.165) is 30.2 Å². The Hall–Kier alpha value is -2.01. The third-order valence-corrected chi connectivity index (χ3v) is 5.17. The molecule has 0 unspecified atom stereocenters. The van der Waals surface area contributed by atoms with E-state index in [1.165, 1.54) is 19.3 Å². The maximum atomic E-state index is 12.7. The summed E-state index contributed by atoms with van der Waals surface area (Å²) in [7, 11) is 0. The second kappa shape index (κ2) is 8.12. The van der Waals surface area contributed by atoms with Gasteiger partial charge in [0.1, 0.15) is 0 Å². The predicted octanol–water partition coefficient (Wildman–Crippen LogP) is 3.96. The highest BCUT2D eigenvalue weighted by Crippen LogP contribution is 2.25. The zero-order valence-corrected chi connectivity index (χ0v) is 16.5. The molecule has 0 saturated carbocycles. The van der Waals surface area contributed by atoms with Gasteiger partial charge >= 0.3 is 0 Å². The summed E-state index contributed by atoms with van der Waals surface area (Å²) in [6, 6.07) is 7.73. The number of halogens is 1. The van der Waals surface area contributed by atoms with E-state index in [2.05, 4.69) is 15.3 Å². The Morgan fingerprint density at radius 1 is 1.23 bits per heavy atom. The number of nitrogens with one attached hydrogen (secondary N) is 1. The average molecular weight is 375 g/mol. The molecule has 0 spiro atoms. The number of aryl methyl sites for hydroxylation is 2. The van der Waals surface area contributed by atoms with Crippen LogP contribution in [0.3, 0.4) is 0 Å². The predicted molar refractivity (Wildman–Crippen MR) is 106 cm³/mol. The monoisotopic (exact) mass is 374 g/mol. The maximum absolute atomic E-state index is 12.7. The Morgan fingerprint density at radius 2 is 1.96 bits per heavy atom. The minimum atomic E-state index is -0.136. The van der Waals surface area contributed by atoms with Crippen LogP contribution in [-0.4, -0.2) is 34.8 Å². The first-order valence-corrected chi connectivity index (χ1v) is 9.68. The van der Waals surface area contributed by atoms with Crippen LogP contribution >= 0.6 is 11.6 Å². The number of benzene rings is 1. The van der Waals surface area contributed by atoms with Crippen molar-refractivity contribution in [1.29, 1.82) is 0 Å². The summed E-state index contributed by atoms with van der Waals surface area (Å²) in [5, 5.41) is 7.99. The normalized spacial score (nSPS) is 15.8. The lowest BCUT2D eigenvalue weighted by atomic mass is 10.1. The van der Waals surface area contributed by atoms with E-state index in [1.807, 2.05) is 49.7 Å². The first-order chi connectivity index (χ1) is 12.4. The number of carbonyl (C=O) groups excluding carboxylic acids is 1. The SMILES string of the molecule is Cc1cc(C)n(C[C@H](C)NC(=O)c2cc(N3CCCCC3)ccc2Cl)n1. The lowest BCUT2D eigenvalue weighted by molar-refractivity contribution is 0.0936. The van der Waals surface area contributed by atoms with Gasteiger partial charge in [-0.05, 0) is 64.3 Å². The first kappa shape index (κ1) is 18.8. The van der Waals surface area contributed by atoms with E-state index in [1.54, 1.807) is 0 Å². The van der Waals surface area contributed by atoms with E-state index in [-0.39, 0.29) is 11.9 Å². The molecule has 2 aromatic rings. The summed E-state index contributed by atoms with van der Waals surface area (Å²) in [6.45, 7) is 8.69. The molecule has 1 N–H and O–H groups in total. The van der Waals surface area contributed by atoms with Gasteiger partial charge in [-0.3, -0.25) is 9.48 Å². The van der Waals surface area contributed by atoms with E-state index < -0.39 is 0 Å². The Bertz CT molecular complexity index is 780. The number of hydrogen-bond acceptors (Lipinski definition) is 3. The third kappa shape index (κ3) is 4.39. The second-order valence-corrected chi connectivity index (χ2v) is 7.60. The number of anilines is 1. The lowest BCUT2D eigenvalue weighted by Gasteiger charge is -2.29. The first-order valence-electron chi connectivity index (χ1n) is 9.30. The van der Waals surface area contributed by atoms with Crippen LogP contribution in [0, 0.1) is 13.8 Å². The van der Waals surface area contributed by atoms with Gasteiger partial charge in [-0.2, -0.15) is 5.10 Å². The molecule has 5 nitrogen and oxygen atoms in total. The standard InChI is InChI=1S/C20H27ClN4O/c1-14-11-16(3)25(23-14)13-15(2)22-20(26)18-12-17(7-8-19(18)21)24-9-5-4-6-10-24/h7-8,11-12,15H,4-6,9-10,13H2,1-3H3,(H,22,26)/t15-/m0/s1. The molecule has 1 saturated heterocycles. The average Bonchev–Trinajstić information content (AvgIpc) is 2.93. The van der Waals surface area contributed by atoms with Crippen LogP contribution in [0.15, 0.2) is 24.3 Å². The van der Waals surface area contributed by atoms with Gasteiger partial charge in [0.2, 0.25) is 0 Å². The van der Waals surface area contributed by atoms with E-state index >= 15 is 0 Å². The molecule has 1 fully saturated rings. The molecule has 140 valence electrons. The van der Waals surface area contributed by atoms with Crippen LogP contribution in [-0.2, 0) is 6.54 Å². The summed E-state index contributed by atoms with van der Waals surface area (Å²) in [5.74, 6) is -0.136. The summed E-state index contributed by atoms with van der Waals surface area (Å²) < 4.78 is 1.92. The number of hydrogen-bond donors (Lipinski definition) is 1. The van der Waals surface area contributed by atoms with Crippen molar-refractivity contribution in [3.63, 3.8) is 0 Å². The van der Waals surface area contributed by atoms with Gasteiger partial charge in [-0.15, -0.1) is 0 Å². The number of amides is 1. The molecule has 0 radical (unpaired) electrons. The topological polar surface area (TPSA) is 50.2 Å². The molecule has 26 heavy (non-hydrogen) atoms. The molecule has 1 aliphatic rings. The summed E-state index contributed by atoms with van der Waals surface area (Å²) in [6.07, 6.45) is 3.68. The summed E-state index contributed by atoms with van der Waals surface area (Å²) in [4.78, 5) is 15.1. The molecule has 1 amide bonds. The van der Waals surface area contributed by atoms with E-state index in [0.29, 0.717) is 17.1 Å². The van der Waals surface area contributed by atoms with E-state index in [9.17, 15) is 4.79 Å². The van der Waals surface area contributed by atoms with Crippen molar-refractivity contribution in [3.8, 4) is 0 Å². The highest BCUT2D eigenvalue weighted by atomic mass is 35.5. The van der Waals surface area contributed by atoms with Crippen molar-refractivity contribution in [2.75, 3.05) is 18.0 Å². The van der Waals surface area contributed by atoms with Gasteiger partial charge in [-0.1, -0.05) is 11.6 Å². The molecule has 0 aliphatic carbocycles. The quantitative estimate of drug-likeness (QED) is 0.861. The van der Waals surface area contributed by atoms with Crippen molar-refractivity contribution in [2.24, 2.45) is 0 Å². The number of carbonyl (C=O) groups is 1. The Balaban J connectivity index is 1.69. The molecule has 1 aromatic carbocycles. The number of nitrogens with zero attached hydrogens (tertiary/aromatic N) is 3. The van der Waals surface area contributed by atoms with Gasteiger partial charge < -0.3 is 10.2 Å². The third-order valence-electron chi connectivity index (χ3n) is 4.84. The van der Waals surface area contributed by atoms with Gasteiger partial charge in [0.05, 0.1) is 22.8 Å². The minimum absolute atomic E-state index is 0.0461. The van der Waals surface area contributed by atoms with Crippen molar-refractivity contribution in [3.05, 3.63) is 46.2 Å². The molecule has 6 heteroatoms. The lowest BCUT2D eigenvalue weighted by Crippen LogP contribution is -2.36. The summed E-state index contributed by atoms with van der Waals surface area (Å²) in [5.41, 5.74) is 3.69. The van der Waals surface area contributed by atoms with Gasteiger partial charge in [0, 0.05) is 30.5 Å². The molecular weight excluding hydrogens is 348 g/mol. The molecule has 2 heterocycles. The van der Waals surface area contributed by atoms with Crippen molar-refractivity contribution in [1.82, 2.24) is 15.1 Å². The maximum Gasteiger partial charge on any atom is 0.253 e. The number of aromatic nitrogens is 2. The highest BCUT2D eigenvalue weighted by Gasteiger charge is 2.18. The Morgan fingerprint density at radius 3 is 2.62 bits per heavy atom. The zero-order valence-electron chi connectivity index (χ0n) is 15.8. The van der Waals surface area contributed by atoms with Gasteiger partial charge in [0.25, 0.3) is 5.91 Å². The Kier molecular flexibility index (Phi) is 5.87. The fourth-order valence-electron chi connectivity index (χ4n) is 3.50. The highest BCUT2D eigenvalue weighted by molar-refractivity contribution is 6.34. The molecule has 1 aliphatic heterocycles. The van der Waals surface area contributed by atoms with Crippen LogP contribution in [0.5, 0.6) is 0 Å². The molecule has 1 atom stereocenters. The van der Waals surface area contributed by atoms with Crippen molar-refractivity contribution < 1.29 is 4.79 Å². The smallest absolute Gasteiger partial charge is 0.253 e. The molecule has 1 aromatic heterocycles. The van der Waals surface area contributed by atoms with Gasteiger partial charge in [-0.25, -0.2) is 0 Å². The summed E-state index contributed by atoms with van der Waals surface area (Å²) >= 11 is 6.31. The molecular formula is C20H27ClN4O. The van der Waals surface area contributed by atoms with Crippen LogP contribution < -0.4 is 10.2 Å². The minimum Gasteiger partial charge on any atom is -0.372 e. The molecule has 3 rings (SSSR count). The zero-order chi connectivity index (χ0) is 18.7. The van der Waals surface area contributed by atoms with Gasteiger partial charge in [0.15, 0.2) is 0 Å². The fraction of sp³-hybridized carbons (Fsp3) is 0.500. The largest absolute Gasteiger partial charge is 0.372 e. The van der Waals surface area contributed by atoms with Crippen LogP contribution in [0.1, 0.15) is 47.9 Å². The van der Waals surface area contributed by atoms with Crippen LogP contribution in [0.2, 0.25) is 5.02 Å².